The largest absolute Gasteiger partial charge is 0.354 e. The number of carbonyl (C=O) groups excluding carboxylic acids is 1. The van der Waals surface area contributed by atoms with Crippen LogP contribution < -0.4 is 16.6 Å². The lowest BCUT2D eigenvalue weighted by atomic mass is 10.4. The lowest BCUT2D eigenvalue weighted by Crippen LogP contribution is -2.43. The van der Waals surface area contributed by atoms with Crippen LogP contribution in [-0.2, 0) is 25.4 Å². The molecule has 8 nitrogen and oxygen atoms in total. The molecule has 0 aliphatic rings. The number of carbonyl (C=O) groups is 1. The first-order valence-electron chi connectivity index (χ1n) is 8.04. The van der Waals surface area contributed by atoms with E-state index in [1.54, 1.807) is 23.4 Å². The Kier molecular flexibility index (Phi) is 5.27. The minimum absolute atomic E-state index is 0.291. The van der Waals surface area contributed by atoms with Gasteiger partial charge in [-0.3, -0.25) is 14.2 Å². The van der Waals surface area contributed by atoms with Crippen LogP contribution in [0, 0.1) is 0 Å². The van der Waals surface area contributed by atoms with Crippen molar-refractivity contribution in [3.63, 3.8) is 0 Å². The van der Waals surface area contributed by atoms with Gasteiger partial charge in [0.1, 0.15) is 6.54 Å². The molecule has 136 valence electrons. The van der Waals surface area contributed by atoms with Crippen LogP contribution >= 0.6 is 11.8 Å². The molecule has 1 aromatic carbocycles. The van der Waals surface area contributed by atoms with Gasteiger partial charge in [-0.15, -0.1) is 11.8 Å². The van der Waals surface area contributed by atoms with E-state index in [1.165, 1.54) is 17.9 Å². The summed E-state index contributed by atoms with van der Waals surface area (Å²) >= 11 is 1.62. The van der Waals surface area contributed by atoms with Crippen molar-refractivity contribution in [3.8, 4) is 0 Å². The van der Waals surface area contributed by atoms with E-state index in [1.807, 2.05) is 30.3 Å². The molecule has 0 fully saturated rings. The molecule has 0 aliphatic carbocycles. The minimum Gasteiger partial charge on any atom is -0.354 e. The quantitative estimate of drug-likeness (QED) is 0.497. The normalized spacial score (nSPS) is 11.0. The molecule has 9 heteroatoms. The van der Waals surface area contributed by atoms with E-state index in [-0.39, 0.29) is 12.5 Å². The zero-order valence-corrected chi connectivity index (χ0v) is 15.3. The van der Waals surface area contributed by atoms with E-state index in [0.717, 1.165) is 9.46 Å². The van der Waals surface area contributed by atoms with Crippen molar-refractivity contribution in [2.75, 3.05) is 12.3 Å². The number of aromatic nitrogens is 4. The van der Waals surface area contributed by atoms with Gasteiger partial charge in [0.25, 0.3) is 5.56 Å². The topological polar surface area (TPSA) is 90.9 Å². The second-order valence-electron chi connectivity index (χ2n) is 5.77. The lowest BCUT2D eigenvalue weighted by Gasteiger charge is -2.09. The Labute approximate surface area is 153 Å². The summed E-state index contributed by atoms with van der Waals surface area (Å²) in [6.07, 6.45) is 1.47. The lowest BCUT2D eigenvalue weighted by molar-refractivity contribution is -0.121. The predicted octanol–water partition coefficient (Wildman–Crippen LogP) is 0.342. The Morgan fingerprint density at radius 3 is 2.65 bits per heavy atom. The average molecular weight is 373 g/mol. The summed E-state index contributed by atoms with van der Waals surface area (Å²) in [5.74, 6) is 0.322. The van der Waals surface area contributed by atoms with Crippen LogP contribution in [0.15, 0.2) is 51.1 Å². The Morgan fingerprint density at radius 1 is 1.19 bits per heavy atom. The Bertz CT molecular complexity index is 1050. The molecule has 0 saturated heterocycles. The molecule has 0 atom stereocenters. The molecule has 0 unspecified atom stereocenters. The van der Waals surface area contributed by atoms with Crippen molar-refractivity contribution < 1.29 is 4.79 Å². The molecule has 0 spiro atoms. The van der Waals surface area contributed by atoms with Gasteiger partial charge >= 0.3 is 5.69 Å². The van der Waals surface area contributed by atoms with Crippen LogP contribution in [0.1, 0.15) is 0 Å². The van der Waals surface area contributed by atoms with Crippen molar-refractivity contribution in [3.05, 3.63) is 57.5 Å². The van der Waals surface area contributed by atoms with Crippen LogP contribution in [0.25, 0.3) is 11.2 Å². The maximum absolute atomic E-state index is 12.5. The fourth-order valence-electron chi connectivity index (χ4n) is 2.61. The fraction of sp³-hybridized carbons (Fsp3) is 0.294. The smallest absolute Gasteiger partial charge is 0.332 e. The van der Waals surface area contributed by atoms with Gasteiger partial charge in [0, 0.05) is 31.3 Å². The zero-order valence-electron chi connectivity index (χ0n) is 14.5. The first-order valence-corrected chi connectivity index (χ1v) is 9.03. The number of benzene rings is 1. The molecule has 26 heavy (non-hydrogen) atoms. The van der Waals surface area contributed by atoms with E-state index in [4.69, 9.17) is 0 Å². The highest BCUT2D eigenvalue weighted by Crippen LogP contribution is 2.15. The number of aryl methyl sites for hydroxylation is 2. The van der Waals surface area contributed by atoms with Crippen molar-refractivity contribution >= 4 is 28.8 Å². The molecule has 2 heterocycles. The minimum atomic E-state index is -0.560. The molecule has 0 saturated carbocycles. The summed E-state index contributed by atoms with van der Waals surface area (Å²) < 4.78 is 3.75. The molecule has 1 amide bonds. The summed E-state index contributed by atoms with van der Waals surface area (Å²) in [6, 6.07) is 9.86. The van der Waals surface area contributed by atoms with Gasteiger partial charge in [-0.2, -0.15) is 0 Å². The SMILES string of the molecule is Cn1cnc2c1c(=O)n(CC(=O)NCCSc1ccccc1)c(=O)n2C. The van der Waals surface area contributed by atoms with Crippen LogP contribution in [-0.4, -0.2) is 36.9 Å². The van der Waals surface area contributed by atoms with Gasteiger partial charge in [0.05, 0.1) is 6.33 Å². The van der Waals surface area contributed by atoms with Crippen LogP contribution in [0.4, 0.5) is 0 Å². The number of imidazole rings is 1. The number of thioether (sulfide) groups is 1. The van der Waals surface area contributed by atoms with Gasteiger partial charge < -0.3 is 9.88 Å². The highest BCUT2D eigenvalue weighted by molar-refractivity contribution is 7.99. The van der Waals surface area contributed by atoms with Gasteiger partial charge in [-0.1, -0.05) is 18.2 Å². The first kappa shape index (κ1) is 18.0. The molecule has 3 rings (SSSR count). The van der Waals surface area contributed by atoms with Gasteiger partial charge in [0.2, 0.25) is 5.91 Å². The Hall–Kier alpha value is -2.81. The fourth-order valence-corrected chi connectivity index (χ4v) is 3.40. The number of nitrogens with zero attached hydrogens (tertiary/aromatic N) is 4. The molecular weight excluding hydrogens is 354 g/mol. The maximum Gasteiger partial charge on any atom is 0.332 e. The van der Waals surface area contributed by atoms with Gasteiger partial charge in [0.15, 0.2) is 11.2 Å². The summed E-state index contributed by atoms with van der Waals surface area (Å²) in [5, 5.41) is 2.74. The number of rotatable bonds is 6. The van der Waals surface area contributed by atoms with E-state index in [0.29, 0.717) is 23.5 Å². The Balaban J connectivity index is 1.67. The maximum atomic E-state index is 12.5. The molecule has 0 bridgehead atoms. The van der Waals surface area contributed by atoms with Crippen molar-refractivity contribution in [1.82, 2.24) is 24.0 Å². The monoisotopic (exact) mass is 373 g/mol. The van der Waals surface area contributed by atoms with E-state index in [9.17, 15) is 14.4 Å². The number of hydrogen-bond acceptors (Lipinski definition) is 5. The summed E-state index contributed by atoms with van der Waals surface area (Å²) in [6.45, 7) is 0.129. The summed E-state index contributed by atoms with van der Waals surface area (Å²) in [5.41, 5.74) is -0.482. The molecular formula is C17H19N5O3S. The second-order valence-corrected chi connectivity index (χ2v) is 6.94. The molecule has 2 aromatic heterocycles. The molecule has 0 aliphatic heterocycles. The van der Waals surface area contributed by atoms with Crippen molar-refractivity contribution in [2.24, 2.45) is 14.1 Å². The molecule has 1 N–H and O–H groups in total. The first-order chi connectivity index (χ1) is 12.5. The van der Waals surface area contributed by atoms with Crippen molar-refractivity contribution in [2.45, 2.75) is 11.4 Å². The summed E-state index contributed by atoms with van der Waals surface area (Å²) in [4.78, 5) is 42.2. The molecule has 3 aromatic rings. The van der Waals surface area contributed by atoms with Crippen LogP contribution in [0.2, 0.25) is 0 Å². The molecule has 0 radical (unpaired) electrons. The number of amides is 1. The predicted molar refractivity (Wildman–Crippen MR) is 100 cm³/mol. The van der Waals surface area contributed by atoms with E-state index < -0.39 is 11.2 Å². The van der Waals surface area contributed by atoms with Gasteiger partial charge in [-0.05, 0) is 12.1 Å². The Morgan fingerprint density at radius 2 is 1.92 bits per heavy atom. The van der Waals surface area contributed by atoms with E-state index >= 15 is 0 Å². The summed E-state index contributed by atoms with van der Waals surface area (Å²) in [7, 11) is 3.20. The third-order valence-electron chi connectivity index (χ3n) is 3.94. The van der Waals surface area contributed by atoms with Gasteiger partial charge in [-0.25, -0.2) is 14.3 Å². The highest BCUT2D eigenvalue weighted by Gasteiger charge is 2.16. The standard InChI is InChI=1S/C17H19N5O3S/c1-20-11-19-15-14(20)16(24)22(17(25)21(15)2)10-13(23)18-8-9-26-12-6-4-3-5-7-12/h3-7,11H,8-10H2,1-2H3,(H,18,23). The van der Waals surface area contributed by atoms with Crippen molar-refractivity contribution in [1.29, 1.82) is 0 Å². The van der Waals surface area contributed by atoms with Crippen LogP contribution in [0.5, 0.6) is 0 Å². The van der Waals surface area contributed by atoms with Crippen LogP contribution in [0.3, 0.4) is 0 Å². The zero-order chi connectivity index (χ0) is 18.7. The second kappa shape index (κ2) is 7.61. The number of fused-ring (bicyclic) bond motifs is 1. The highest BCUT2D eigenvalue weighted by atomic mass is 32.2. The average Bonchev–Trinajstić information content (AvgIpc) is 3.03. The third-order valence-corrected chi connectivity index (χ3v) is 4.95. The van der Waals surface area contributed by atoms with E-state index in [2.05, 4.69) is 10.3 Å². The number of hydrogen-bond donors (Lipinski definition) is 1. The number of nitrogens with one attached hydrogen (secondary N) is 1. The third kappa shape index (κ3) is 3.57.